The van der Waals surface area contributed by atoms with E-state index in [1.54, 1.807) is 24.3 Å². The van der Waals surface area contributed by atoms with Gasteiger partial charge in [-0.1, -0.05) is 67.3 Å². The second-order valence-corrected chi connectivity index (χ2v) is 8.02. The standard InChI is InChI=1S/C21H16N2O3S2/c1-3-13-8-4-6-10-15(13)23-20(26)18(28-21(23)27)17-14-9-5-7-11-16(14)22(12(2)24)19(17)25/h4-11H,3H2,1-2H3. The minimum absolute atomic E-state index is 0.236. The number of rotatable bonds is 2. The van der Waals surface area contributed by atoms with Crippen LogP contribution in [-0.2, 0) is 20.8 Å². The lowest BCUT2D eigenvalue weighted by molar-refractivity contribution is -0.122. The number of thiocarbonyl (C=S) groups is 1. The molecule has 0 spiro atoms. The summed E-state index contributed by atoms with van der Waals surface area (Å²) in [4.78, 5) is 41.2. The summed E-state index contributed by atoms with van der Waals surface area (Å²) in [5, 5.41) is 0. The molecule has 3 amide bonds. The summed E-state index contributed by atoms with van der Waals surface area (Å²) in [6, 6.07) is 14.6. The van der Waals surface area contributed by atoms with Crippen LogP contribution in [0.3, 0.4) is 0 Å². The van der Waals surface area contributed by atoms with Crippen molar-refractivity contribution in [3.63, 3.8) is 0 Å². The number of benzene rings is 2. The van der Waals surface area contributed by atoms with E-state index in [-0.39, 0.29) is 22.3 Å². The zero-order valence-corrected chi connectivity index (χ0v) is 16.9. The molecule has 0 N–H and O–H groups in total. The van der Waals surface area contributed by atoms with Crippen LogP contribution in [0.15, 0.2) is 53.4 Å². The van der Waals surface area contributed by atoms with Crippen molar-refractivity contribution in [2.45, 2.75) is 20.3 Å². The van der Waals surface area contributed by atoms with Gasteiger partial charge in [0, 0.05) is 12.5 Å². The van der Waals surface area contributed by atoms with Crippen LogP contribution in [-0.4, -0.2) is 22.0 Å². The highest BCUT2D eigenvalue weighted by molar-refractivity contribution is 8.27. The van der Waals surface area contributed by atoms with Gasteiger partial charge in [-0.25, -0.2) is 4.90 Å². The van der Waals surface area contributed by atoms with Gasteiger partial charge < -0.3 is 0 Å². The Labute approximate surface area is 172 Å². The molecule has 0 atom stereocenters. The van der Waals surface area contributed by atoms with Crippen LogP contribution >= 0.6 is 24.0 Å². The minimum atomic E-state index is -0.488. The van der Waals surface area contributed by atoms with Crippen LogP contribution in [0.4, 0.5) is 11.4 Å². The first-order valence-corrected chi connectivity index (χ1v) is 10.0. The molecule has 0 aromatic heterocycles. The van der Waals surface area contributed by atoms with Crippen LogP contribution in [0.25, 0.3) is 5.57 Å². The smallest absolute Gasteiger partial charge is 0.271 e. The second-order valence-electron chi connectivity index (χ2n) is 6.37. The van der Waals surface area contributed by atoms with Gasteiger partial charge in [0.05, 0.1) is 21.9 Å². The molecule has 7 heteroatoms. The SMILES string of the molecule is CCc1ccccc1N1C(=O)C(=C2C(=O)N(C(C)=O)c3ccccc32)SC1=S. The number of thioether (sulfide) groups is 1. The van der Waals surface area contributed by atoms with E-state index in [2.05, 4.69) is 0 Å². The highest BCUT2D eigenvalue weighted by Crippen LogP contribution is 2.45. The highest BCUT2D eigenvalue weighted by Gasteiger charge is 2.43. The van der Waals surface area contributed by atoms with Crippen LogP contribution < -0.4 is 9.80 Å². The van der Waals surface area contributed by atoms with E-state index in [9.17, 15) is 14.4 Å². The van der Waals surface area contributed by atoms with Crippen molar-refractivity contribution in [2.24, 2.45) is 0 Å². The Morgan fingerprint density at radius 2 is 1.64 bits per heavy atom. The third-order valence-electron chi connectivity index (χ3n) is 4.76. The van der Waals surface area contributed by atoms with E-state index in [1.165, 1.54) is 11.8 Å². The maximum absolute atomic E-state index is 13.3. The fourth-order valence-corrected chi connectivity index (χ4v) is 4.86. The van der Waals surface area contributed by atoms with Crippen molar-refractivity contribution in [3.05, 3.63) is 64.6 Å². The summed E-state index contributed by atoms with van der Waals surface area (Å²) < 4.78 is 0.375. The van der Waals surface area contributed by atoms with Crippen molar-refractivity contribution in [1.29, 1.82) is 0 Å². The first-order chi connectivity index (χ1) is 13.5. The number of anilines is 2. The van der Waals surface area contributed by atoms with Crippen molar-refractivity contribution in [2.75, 3.05) is 9.80 Å². The Morgan fingerprint density at radius 1 is 1.00 bits per heavy atom. The van der Waals surface area contributed by atoms with Gasteiger partial charge in [0.1, 0.15) is 0 Å². The van der Waals surface area contributed by atoms with Crippen molar-refractivity contribution < 1.29 is 14.4 Å². The highest BCUT2D eigenvalue weighted by atomic mass is 32.2. The van der Waals surface area contributed by atoms with Gasteiger partial charge >= 0.3 is 0 Å². The van der Waals surface area contributed by atoms with Crippen molar-refractivity contribution in [3.8, 4) is 0 Å². The van der Waals surface area contributed by atoms with Gasteiger partial charge in [0.15, 0.2) is 4.32 Å². The molecule has 0 bridgehead atoms. The van der Waals surface area contributed by atoms with E-state index in [4.69, 9.17) is 12.2 Å². The van der Waals surface area contributed by atoms with Gasteiger partial charge in [0.2, 0.25) is 5.91 Å². The molecule has 2 aromatic rings. The molecule has 2 aliphatic rings. The van der Waals surface area contributed by atoms with E-state index < -0.39 is 5.91 Å². The Kier molecular flexibility index (Phi) is 4.64. The normalized spacial score (nSPS) is 18.9. The Balaban J connectivity index is 1.87. The molecule has 0 aliphatic carbocycles. The zero-order valence-electron chi connectivity index (χ0n) is 15.3. The molecule has 2 aromatic carbocycles. The molecule has 5 nitrogen and oxygen atoms in total. The van der Waals surface area contributed by atoms with Crippen molar-refractivity contribution >= 4 is 63.0 Å². The number of hydrogen-bond donors (Lipinski definition) is 0. The average Bonchev–Trinajstić information content (AvgIpc) is 3.13. The molecule has 0 saturated carbocycles. The van der Waals surface area contributed by atoms with Crippen LogP contribution in [0.2, 0.25) is 0 Å². The fraction of sp³-hybridized carbons (Fsp3) is 0.143. The quantitative estimate of drug-likeness (QED) is 0.557. The van der Waals surface area contributed by atoms with Gasteiger partial charge in [-0.05, 0) is 24.1 Å². The molecule has 0 radical (unpaired) electrons. The first kappa shape index (κ1) is 18.6. The van der Waals surface area contributed by atoms with Crippen LogP contribution in [0, 0.1) is 0 Å². The molecule has 2 aliphatic heterocycles. The molecular formula is C21H16N2O3S2. The lowest BCUT2D eigenvalue weighted by Crippen LogP contribution is -2.32. The van der Waals surface area contributed by atoms with Crippen LogP contribution in [0.1, 0.15) is 25.0 Å². The number of carbonyl (C=O) groups excluding carboxylic acids is 3. The number of fused-ring (bicyclic) bond motifs is 1. The van der Waals surface area contributed by atoms with E-state index in [0.29, 0.717) is 15.6 Å². The van der Waals surface area contributed by atoms with E-state index in [0.717, 1.165) is 34.3 Å². The van der Waals surface area contributed by atoms with E-state index >= 15 is 0 Å². The Morgan fingerprint density at radius 3 is 2.32 bits per heavy atom. The van der Waals surface area contributed by atoms with Gasteiger partial charge in [-0.3, -0.25) is 19.3 Å². The Hall–Kier alpha value is -2.77. The second kappa shape index (κ2) is 7.00. The Bertz CT molecular complexity index is 1090. The van der Waals surface area contributed by atoms with E-state index in [1.807, 2.05) is 31.2 Å². The largest absolute Gasteiger partial charge is 0.274 e. The van der Waals surface area contributed by atoms with Crippen molar-refractivity contribution in [1.82, 2.24) is 0 Å². The number of para-hydroxylation sites is 2. The molecule has 1 saturated heterocycles. The number of nitrogens with zero attached hydrogens (tertiary/aromatic N) is 2. The number of carbonyl (C=O) groups is 3. The average molecular weight is 409 g/mol. The maximum Gasteiger partial charge on any atom is 0.271 e. The predicted octanol–water partition coefficient (Wildman–Crippen LogP) is 3.92. The molecular weight excluding hydrogens is 392 g/mol. The summed E-state index contributed by atoms with van der Waals surface area (Å²) in [7, 11) is 0. The number of imide groups is 1. The van der Waals surface area contributed by atoms with Gasteiger partial charge in [-0.15, -0.1) is 0 Å². The lowest BCUT2D eigenvalue weighted by Gasteiger charge is -2.18. The van der Waals surface area contributed by atoms with Crippen LogP contribution in [0.5, 0.6) is 0 Å². The number of hydrogen-bond acceptors (Lipinski definition) is 5. The molecule has 28 heavy (non-hydrogen) atoms. The fourth-order valence-electron chi connectivity index (χ4n) is 3.50. The third-order valence-corrected chi connectivity index (χ3v) is 6.13. The number of aryl methyl sites for hydroxylation is 1. The zero-order chi connectivity index (χ0) is 20.0. The molecule has 2 heterocycles. The molecule has 4 rings (SSSR count). The summed E-state index contributed by atoms with van der Waals surface area (Å²) in [5.74, 6) is -1.21. The number of amides is 3. The van der Waals surface area contributed by atoms with Gasteiger partial charge in [0.25, 0.3) is 11.8 Å². The first-order valence-electron chi connectivity index (χ1n) is 8.78. The molecule has 1 fully saturated rings. The van der Waals surface area contributed by atoms with Gasteiger partial charge in [-0.2, -0.15) is 0 Å². The lowest BCUT2D eigenvalue weighted by atomic mass is 10.1. The maximum atomic E-state index is 13.3. The topological polar surface area (TPSA) is 57.7 Å². The molecule has 0 unspecified atom stereocenters. The summed E-state index contributed by atoms with van der Waals surface area (Å²) in [6.45, 7) is 3.34. The summed E-state index contributed by atoms with van der Waals surface area (Å²) >= 11 is 6.58. The molecule has 140 valence electrons. The minimum Gasteiger partial charge on any atom is -0.274 e. The monoisotopic (exact) mass is 408 g/mol. The third kappa shape index (κ3) is 2.70. The summed E-state index contributed by atoms with van der Waals surface area (Å²) in [5.41, 5.74) is 3.03. The summed E-state index contributed by atoms with van der Waals surface area (Å²) in [6.07, 6.45) is 0.749. The predicted molar refractivity (Wildman–Crippen MR) is 115 cm³/mol.